The quantitative estimate of drug-likeness (QED) is 0.931. The molecule has 0 radical (unpaired) electrons. The lowest BCUT2D eigenvalue weighted by Crippen LogP contribution is -2.04. The fourth-order valence-electron chi connectivity index (χ4n) is 1.71. The van der Waals surface area contributed by atoms with Crippen LogP contribution in [-0.4, -0.2) is 16.3 Å². The third kappa shape index (κ3) is 2.63. The monoisotopic (exact) mass is 269 g/mol. The van der Waals surface area contributed by atoms with Gasteiger partial charge in [-0.15, -0.1) is 0 Å². The second-order valence-electron chi connectivity index (χ2n) is 3.82. The van der Waals surface area contributed by atoms with Crippen LogP contribution in [0.15, 0.2) is 24.3 Å². The van der Waals surface area contributed by atoms with Crippen LogP contribution in [0, 0.1) is 6.92 Å². The molecule has 0 atom stereocenters. The van der Waals surface area contributed by atoms with Gasteiger partial charge in [-0.1, -0.05) is 23.2 Å². The van der Waals surface area contributed by atoms with Gasteiger partial charge in [0.05, 0.1) is 16.4 Å². The van der Waals surface area contributed by atoms with Crippen molar-refractivity contribution >= 4 is 23.2 Å². The van der Waals surface area contributed by atoms with Crippen molar-refractivity contribution in [2.24, 2.45) is 5.73 Å². The predicted octanol–water partition coefficient (Wildman–Crippen LogP) is 2.99. The molecule has 0 amide bonds. The van der Waals surface area contributed by atoms with E-state index < -0.39 is 0 Å². The molecule has 0 spiro atoms. The molecule has 5 heteroatoms. The summed E-state index contributed by atoms with van der Waals surface area (Å²) < 4.78 is 1.81. The fraction of sp³-hybridized carbons (Fsp3) is 0.250. The van der Waals surface area contributed by atoms with Gasteiger partial charge in [-0.05, 0) is 37.7 Å². The molecule has 2 N–H and O–H groups in total. The Morgan fingerprint density at radius 1 is 1.29 bits per heavy atom. The second-order valence-corrected chi connectivity index (χ2v) is 4.67. The first-order chi connectivity index (χ1) is 8.11. The van der Waals surface area contributed by atoms with Crippen LogP contribution in [0.4, 0.5) is 0 Å². The Balaban J connectivity index is 2.45. The molecule has 0 aliphatic heterocycles. The number of nitrogens with two attached hydrogens (primary N) is 1. The number of rotatable bonds is 3. The van der Waals surface area contributed by atoms with E-state index in [2.05, 4.69) is 5.10 Å². The van der Waals surface area contributed by atoms with Crippen LogP contribution in [0.1, 0.15) is 11.4 Å². The molecule has 0 aliphatic carbocycles. The first-order valence-corrected chi connectivity index (χ1v) is 6.08. The highest BCUT2D eigenvalue weighted by Crippen LogP contribution is 2.25. The lowest BCUT2D eigenvalue weighted by Gasteiger charge is -2.06. The topological polar surface area (TPSA) is 43.8 Å². The van der Waals surface area contributed by atoms with Gasteiger partial charge in [0.2, 0.25) is 0 Å². The van der Waals surface area contributed by atoms with Crippen LogP contribution in [-0.2, 0) is 6.42 Å². The molecule has 0 bridgehead atoms. The maximum absolute atomic E-state index is 6.15. The molecule has 0 aliphatic rings. The minimum Gasteiger partial charge on any atom is -0.330 e. The summed E-state index contributed by atoms with van der Waals surface area (Å²) >= 11 is 12.0. The highest BCUT2D eigenvalue weighted by molar-refractivity contribution is 6.35. The molecule has 90 valence electrons. The number of hydrogen-bond donors (Lipinski definition) is 1. The van der Waals surface area contributed by atoms with Crippen LogP contribution < -0.4 is 5.73 Å². The van der Waals surface area contributed by atoms with E-state index in [1.807, 2.05) is 23.7 Å². The fourth-order valence-corrected chi connectivity index (χ4v) is 2.19. The Hall–Kier alpha value is -1.03. The average molecular weight is 270 g/mol. The van der Waals surface area contributed by atoms with E-state index in [4.69, 9.17) is 28.9 Å². The Morgan fingerprint density at radius 2 is 2.06 bits per heavy atom. The zero-order valence-electron chi connectivity index (χ0n) is 9.45. The lowest BCUT2D eigenvalue weighted by atomic mass is 10.3. The number of nitrogens with zero attached hydrogens (tertiary/aromatic N) is 2. The third-order valence-corrected chi connectivity index (χ3v) is 3.01. The SMILES string of the molecule is Cc1cc(CCN)nn1-c1ccc(Cl)cc1Cl. The molecule has 0 fully saturated rings. The Morgan fingerprint density at radius 3 is 2.71 bits per heavy atom. The van der Waals surface area contributed by atoms with E-state index in [0.29, 0.717) is 16.6 Å². The zero-order chi connectivity index (χ0) is 12.4. The highest BCUT2D eigenvalue weighted by Gasteiger charge is 2.09. The van der Waals surface area contributed by atoms with Gasteiger partial charge in [0.1, 0.15) is 0 Å². The molecular formula is C12H13Cl2N3. The van der Waals surface area contributed by atoms with Gasteiger partial charge in [-0.3, -0.25) is 0 Å². The molecule has 17 heavy (non-hydrogen) atoms. The van der Waals surface area contributed by atoms with Gasteiger partial charge in [-0.25, -0.2) is 4.68 Å². The molecule has 0 unspecified atom stereocenters. The molecule has 1 aromatic carbocycles. The van der Waals surface area contributed by atoms with Crippen molar-refractivity contribution in [3.8, 4) is 5.69 Å². The van der Waals surface area contributed by atoms with Crippen molar-refractivity contribution in [3.05, 3.63) is 45.7 Å². The van der Waals surface area contributed by atoms with Gasteiger partial charge in [0.15, 0.2) is 0 Å². The molecule has 1 aromatic heterocycles. The number of aryl methyl sites for hydroxylation is 1. The van der Waals surface area contributed by atoms with Crippen molar-refractivity contribution in [2.75, 3.05) is 6.54 Å². The summed E-state index contributed by atoms with van der Waals surface area (Å²) in [5.41, 5.74) is 8.34. The van der Waals surface area contributed by atoms with Crippen LogP contribution in [0.3, 0.4) is 0 Å². The van der Waals surface area contributed by atoms with Crippen LogP contribution in [0.25, 0.3) is 5.69 Å². The number of benzene rings is 1. The summed E-state index contributed by atoms with van der Waals surface area (Å²) in [6.07, 6.45) is 0.763. The summed E-state index contributed by atoms with van der Waals surface area (Å²) in [6, 6.07) is 7.38. The number of halogens is 2. The van der Waals surface area contributed by atoms with Gasteiger partial charge in [0.25, 0.3) is 0 Å². The van der Waals surface area contributed by atoms with E-state index in [0.717, 1.165) is 23.5 Å². The van der Waals surface area contributed by atoms with E-state index in [1.54, 1.807) is 12.1 Å². The van der Waals surface area contributed by atoms with Crippen LogP contribution in [0.2, 0.25) is 10.0 Å². The number of hydrogen-bond acceptors (Lipinski definition) is 2. The van der Waals surface area contributed by atoms with Gasteiger partial charge in [0, 0.05) is 17.1 Å². The smallest absolute Gasteiger partial charge is 0.0835 e. The summed E-state index contributed by atoms with van der Waals surface area (Å²) in [5.74, 6) is 0. The summed E-state index contributed by atoms with van der Waals surface area (Å²) in [7, 11) is 0. The first-order valence-electron chi connectivity index (χ1n) is 5.33. The average Bonchev–Trinajstić information content (AvgIpc) is 2.60. The Bertz CT molecular complexity index is 535. The molecule has 2 aromatic rings. The Kier molecular flexibility index (Phi) is 3.72. The van der Waals surface area contributed by atoms with Crippen LogP contribution in [0.5, 0.6) is 0 Å². The Labute approximate surface area is 110 Å². The van der Waals surface area contributed by atoms with Crippen LogP contribution >= 0.6 is 23.2 Å². The van der Waals surface area contributed by atoms with E-state index in [1.165, 1.54) is 0 Å². The molecule has 0 saturated carbocycles. The van der Waals surface area contributed by atoms with E-state index in [-0.39, 0.29) is 0 Å². The van der Waals surface area contributed by atoms with Gasteiger partial charge < -0.3 is 5.73 Å². The minimum absolute atomic E-state index is 0.586. The minimum atomic E-state index is 0.586. The molecule has 2 rings (SSSR count). The van der Waals surface area contributed by atoms with Crippen molar-refractivity contribution < 1.29 is 0 Å². The zero-order valence-corrected chi connectivity index (χ0v) is 11.0. The lowest BCUT2D eigenvalue weighted by molar-refractivity contribution is 0.804. The standard InChI is InChI=1S/C12H13Cl2N3/c1-8-6-10(4-5-15)16-17(8)12-3-2-9(13)7-11(12)14/h2-3,6-7H,4-5,15H2,1H3. The largest absolute Gasteiger partial charge is 0.330 e. The summed E-state index contributed by atoms with van der Waals surface area (Å²) in [5, 5.41) is 5.67. The summed E-state index contributed by atoms with van der Waals surface area (Å²) in [6.45, 7) is 2.57. The third-order valence-electron chi connectivity index (χ3n) is 2.48. The van der Waals surface area contributed by atoms with Crippen molar-refractivity contribution in [1.29, 1.82) is 0 Å². The van der Waals surface area contributed by atoms with Crippen molar-refractivity contribution in [2.45, 2.75) is 13.3 Å². The van der Waals surface area contributed by atoms with E-state index >= 15 is 0 Å². The molecular weight excluding hydrogens is 257 g/mol. The predicted molar refractivity (Wildman–Crippen MR) is 71.1 cm³/mol. The van der Waals surface area contributed by atoms with Crippen molar-refractivity contribution in [1.82, 2.24) is 9.78 Å². The van der Waals surface area contributed by atoms with E-state index in [9.17, 15) is 0 Å². The maximum atomic E-state index is 6.15. The maximum Gasteiger partial charge on any atom is 0.0835 e. The number of aromatic nitrogens is 2. The summed E-state index contributed by atoms with van der Waals surface area (Å²) in [4.78, 5) is 0. The molecule has 3 nitrogen and oxygen atoms in total. The van der Waals surface area contributed by atoms with Gasteiger partial charge in [-0.2, -0.15) is 5.10 Å². The molecule has 0 saturated heterocycles. The first kappa shape index (κ1) is 12.4. The molecule has 1 heterocycles. The highest BCUT2D eigenvalue weighted by atomic mass is 35.5. The van der Waals surface area contributed by atoms with Gasteiger partial charge >= 0.3 is 0 Å². The normalized spacial score (nSPS) is 10.8. The second kappa shape index (κ2) is 5.08. The van der Waals surface area contributed by atoms with Crippen molar-refractivity contribution in [3.63, 3.8) is 0 Å².